The zero-order valence-electron chi connectivity index (χ0n) is 11.9. The van der Waals surface area contributed by atoms with Crippen molar-refractivity contribution in [3.05, 3.63) is 35.0 Å². The minimum absolute atomic E-state index is 0.00247. The van der Waals surface area contributed by atoms with Gasteiger partial charge in [0.05, 0.1) is 6.04 Å². The Morgan fingerprint density at radius 3 is 2.86 bits per heavy atom. The van der Waals surface area contributed by atoms with Gasteiger partial charge in [-0.15, -0.1) is 0 Å². The van der Waals surface area contributed by atoms with Crippen LogP contribution in [-0.2, 0) is 4.79 Å². The number of allylic oxidation sites excluding steroid dienone is 1. The highest BCUT2D eigenvalue weighted by molar-refractivity contribution is 5.99. The molecular weight excluding hydrogens is 272 g/mol. The van der Waals surface area contributed by atoms with Crippen LogP contribution in [0.25, 0.3) is 0 Å². The first kappa shape index (κ1) is 13.5. The lowest BCUT2D eigenvalue weighted by molar-refractivity contribution is -0.115. The Balaban J connectivity index is 2.04. The van der Waals surface area contributed by atoms with Crippen molar-refractivity contribution in [2.24, 2.45) is 0 Å². The van der Waals surface area contributed by atoms with Crippen molar-refractivity contribution in [3.8, 4) is 11.5 Å². The van der Waals surface area contributed by atoms with Gasteiger partial charge in [-0.3, -0.25) is 4.79 Å². The fraction of sp³-hybridized carbons (Fsp3) is 0.333. The number of nitrogens with one attached hydrogen (secondary N) is 2. The van der Waals surface area contributed by atoms with Gasteiger partial charge in [0, 0.05) is 17.7 Å². The van der Waals surface area contributed by atoms with E-state index in [-0.39, 0.29) is 18.6 Å². The van der Waals surface area contributed by atoms with E-state index in [0.29, 0.717) is 29.2 Å². The average molecular weight is 288 g/mol. The molecule has 2 N–H and O–H groups in total. The first-order chi connectivity index (χ1) is 10.1. The van der Waals surface area contributed by atoms with Gasteiger partial charge in [-0.2, -0.15) is 0 Å². The van der Waals surface area contributed by atoms with E-state index in [1.165, 1.54) is 0 Å². The van der Waals surface area contributed by atoms with Crippen LogP contribution in [0, 0.1) is 0 Å². The van der Waals surface area contributed by atoms with Crippen molar-refractivity contribution in [2.45, 2.75) is 26.3 Å². The van der Waals surface area contributed by atoms with E-state index in [4.69, 9.17) is 9.47 Å². The van der Waals surface area contributed by atoms with Crippen LogP contribution in [-0.4, -0.2) is 18.6 Å². The summed E-state index contributed by atoms with van der Waals surface area (Å²) in [6.45, 7) is 3.73. The highest BCUT2D eigenvalue weighted by Gasteiger charge is 2.31. The van der Waals surface area contributed by atoms with Crippen molar-refractivity contribution < 1.29 is 19.1 Å². The van der Waals surface area contributed by atoms with E-state index in [0.717, 1.165) is 5.56 Å². The molecule has 1 aromatic rings. The van der Waals surface area contributed by atoms with Crippen LogP contribution in [0.3, 0.4) is 0 Å². The maximum atomic E-state index is 12.2. The predicted octanol–water partition coefficient (Wildman–Crippen LogP) is 2.02. The summed E-state index contributed by atoms with van der Waals surface area (Å²) in [7, 11) is 0. The molecule has 110 valence electrons. The van der Waals surface area contributed by atoms with Gasteiger partial charge in [-0.05, 0) is 24.6 Å². The lowest BCUT2D eigenvalue weighted by Gasteiger charge is -2.28. The molecule has 2 amide bonds. The van der Waals surface area contributed by atoms with Gasteiger partial charge in [-0.1, -0.05) is 13.0 Å². The first-order valence-corrected chi connectivity index (χ1v) is 6.81. The van der Waals surface area contributed by atoms with Crippen LogP contribution in [0.5, 0.6) is 11.5 Å². The van der Waals surface area contributed by atoms with Crippen LogP contribution in [0.15, 0.2) is 29.5 Å². The molecule has 0 saturated heterocycles. The van der Waals surface area contributed by atoms with Crippen molar-refractivity contribution in [1.29, 1.82) is 0 Å². The fourth-order valence-corrected chi connectivity index (χ4v) is 2.60. The molecule has 0 aliphatic carbocycles. The summed E-state index contributed by atoms with van der Waals surface area (Å²) in [4.78, 5) is 23.9. The second-order valence-corrected chi connectivity index (χ2v) is 4.96. The van der Waals surface area contributed by atoms with Crippen LogP contribution < -0.4 is 20.1 Å². The number of Topliss-reactive ketones (excluding diaryl/α,β-unsaturated/α-hetero) is 1. The highest BCUT2D eigenvalue weighted by atomic mass is 16.7. The SMILES string of the molecule is CCC(=O)C1=C(C)NC(=O)NC1c1ccc2c(c1)OCO2. The molecule has 6 nitrogen and oxygen atoms in total. The second kappa shape index (κ2) is 5.12. The Morgan fingerprint density at radius 1 is 1.33 bits per heavy atom. The fourth-order valence-electron chi connectivity index (χ4n) is 2.60. The number of amides is 2. The van der Waals surface area contributed by atoms with Gasteiger partial charge in [-0.25, -0.2) is 4.79 Å². The number of carbonyl (C=O) groups excluding carboxylic acids is 2. The summed E-state index contributed by atoms with van der Waals surface area (Å²) in [5.74, 6) is 1.30. The minimum atomic E-state index is -0.472. The summed E-state index contributed by atoms with van der Waals surface area (Å²) in [5, 5.41) is 5.44. The molecule has 0 bridgehead atoms. The molecule has 1 atom stereocenters. The van der Waals surface area contributed by atoms with Gasteiger partial charge in [0.2, 0.25) is 6.79 Å². The summed E-state index contributed by atoms with van der Waals surface area (Å²) >= 11 is 0. The quantitative estimate of drug-likeness (QED) is 0.892. The molecule has 0 aromatic heterocycles. The maximum absolute atomic E-state index is 12.2. The van der Waals surface area contributed by atoms with Gasteiger partial charge < -0.3 is 20.1 Å². The van der Waals surface area contributed by atoms with Crippen LogP contribution >= 0.6 is 0 Å². The highest BCUT2D eigenvalue weighted by Crippen LogP contribution is 2.37. The third-order valence-electron chi connectivity index (χ3n) is 3.62. The Bertz CT molecular complexity index is 651. The van der Waals surface area contributed by atoms with Crippen molar-refractivity contribution in [3.63, 3.8) is 0 Å². The van der Waals surface area contributed by atoms with Crippen molar-refractivity contribution in [2.75, 3.05) is 6.79 Å². The standard InChI is InChI=1S/C15H16N2O4/c1-3-10(18)13-8(2)16-15(19)17-14(13)9-4-5-11-12(6-9)21-7-20-11/h4-6,14H,3,7H2,1-2H3,(H2,16,17,19). The third kappa shape index (κ3) is 2.33. The average Bonchev–Trinajstić information content (AvgIpc) is 2.93. The second-order valence-electron chi connectivity index (χ2n) is 4.96. The number of carbonyl (C=O) groups is 2. The molecule has 2 aliphatic rings. The molecular formula is C15H16N2O4. The van der Waals surface area contributed by atoms with Gasteiger partial charge in [0.1, 0.15) is 0 Å². The minimum Gasteiger partial charge on any atom is -0.454 e. The summed E-state index contributed by atoms with van der Waals surface area (Å²) in [6.07, 6.45) is 0.380. The number of benzene rings is 1. The monoisotopic (exact) mass is 288 g/mol. The Kier molecular flexibility index (Phi) is 3.29. The zero-order valence-corrected chi connectivity index (χ0v) is 11.9. The molecule has 2 heterocycles. The summed E-state index contributed by atoms with van der Waals surface area (Å²) in [6, 6.07) is 4.63. The molecule has 0 radical (unpaired) electrons. The van der Waals surface area contributed by atoms with Crippen molar-refractivity contribution >= 4 is 11.8 Å². The largest absolute Gasteiger partial charge is 0.454 e. The molecule has 3 rings (SSSR count). The number of hydrogen-bond donors (Lipinski definition) is 2. The smallest absolute Gasteiger partial charge is 0.319 e. The molecule has 21 heavy (non-hydrogen) atoms. The molecule has 0 saturated carbocycles. The summed E-state index contributed by atoms with van der Waals surface area (Å²) in [5.41, 5.74) is 1.97. The predicted molar refractivity (Wildman–Crippen MR) is 75.0 cm³/mol. The van der Waals surface area contributed by atoms with Gasteiger partial charge in [0.15, 0.2) is 17.3 Å². The topological polar surface area (TPSA) is 76.7 Å². The number of hydrogen-bond acceptors (Lipinski definition) is 4. The number of ether oxygens (including phenoxy) is 2. The molecule has 2 aliphatic heterocycles. The first-order valence-electron chi connectivity index (χ1n) is 6.81. The van der Waals surface area contributed by atoms with Gasteiger partial charge in [0.25, 0.3) is 0 Å². The number of rotatable bonds is 3. The van der Waals surface area contributed by atoms with Gasteiger partial charge >= 0.3 is 6.03 Å². The van der Waals surface area contributed by atoms with E-state index < -0.39 is 6.04 Å². The van der Waals surface area contributed by atoms with E-state index >= 15 is 0 Å². The van der Waals surface area contributed by atoms with E-state index in [1.807, 2.05) is 6.07 Å². The normalized spacial score (nSPS) is 20.1. The third-order valence-corrected chi connectivity index (χ3v) is 3.62. The van der Waals surface area contributed by atoms with E-state index in [9.17, 15) is 9.59 Å². The lowest BCUT2D eigenvalue weighted by atomic mass is 9.91. The summed E-state index contributed by atoms with van der Waals surface area (Å²) < 4.78 is 10.6. The number of ketones is 1. The maximum Gasteiger partial charge on any atom is 0.319 e. The molecule has 0 spiro atoms. The van der Waals surface area contributed by atoms with Crippen LogP contribution in [0.1, 0.15) is 31.9 Å². The van der Waals surface area contributed by atoms with E-state index in [1.54, 1.807) is 26.0 Å². The Morgan fingerprint density at radius 2 is 2.10 bits per heavy atom. The number of urea groups is 1. The van der Waals surface area contributed by atoms with Crippen LogP contribution in [0.4, 0.5) is 4.79 Å². The lowest BCUT2D eigenvalue weighted by Crippen LogP contribution is -2.45. The van der Waals surface area contributed by atoms with E-state index in [2.05, 4.69) is 10.6 Å². The Labute approximate surface area is 122 Å². The Hall–Kier alpha value is -2.50. The van der Waals surface area contributed by atoms with Crippen LogP contribution in [0.2, 0.25) is 0 Å². The number of fused-ring (bicyclic) bond motifs is 1. The molecule has 0 fully saturated rings. The molecule has 1 aromatic carbocycles. The zero-order chi connectivity index (χ0) is 15.0. The van der Waals surface area contributed by atoms with Crippen molar-refractivity contribution in [1.82, 2.24) is 10.6 Å². The molecule has 6 heteroatoms. The molecule has 1 unspecified atom stereocenters.